The summed E-state index contributed by atoms with van der Waals surface area (Å²) >= 11 is 0. The maximum Gasteiger partial charge on any atom is -0.0355 e. The van der Waals surface area contributed by atoms with Crippen molar-refractivity contribution in [3.63, 3.8) is 0 Å². The lowest BCUT2D eigenvalue weighted by Gasteiger charge is -2.00. The van der Waals surface area contributed by atoms with Crippen LogP contribution in [0.4, 0.5) is 0 Å². The highest BCUT2D eigenvalue weighted by Gasteiger charge is 2.42. The van der Waals surface area contributed by atoms with Gasteiger partial charge in [0.1, 0.15) is 0 Å². The Bertz CT molecular complexity index is 86.2. The van der Waals surface area contributed by atoms with E-state index in [0.29, 0.717) is 0 Å². The van der Waals surface area contributed by atoms with E-state index < -0.39 is 0 Å². The fourth-order valence-corrected chi connectivity index (χ4v) is 1.74. The highest BCUT2D eigenvalue weighted by Crippen LogP contribution is 2.48. The van der Waals surface area contributed by atoms with Crippen LogP contribution in [0.2, 0.25) is 0 Å². The van der Waals surface area contributed by atoms with E-state index in [0.717, 1.165) is 23.7 Å². The Morgan fingerprint density at radius 2 is 1.56 bits per heavy atom. The summed E-state index contributed by atoms with van der Waals surface area (Å²) in [4.78, 5) is 0. The van der Waals surface area contributed by atoms with Gasteiger partial charge in [0.05, 0.1) is 0 Å². The van der Waals surface area contributed by atoms with Crippen molar-refractivity contribution in [3.05, 3.63) is 0 Å². The Labute approximate surface area is 58.7 Å². The molecule has 0 saturated heterocycles. The summed E-state index contributed by atoms with van der Waals surface area (Å²) in [5.74, 6) is 4.01. The zero-order chi connectivity index (χ0) is 7.02. The molecule has 1 saturated carbocycles. The van der Waals surface area contributed by atoms with Gasteiger partial charge in [-0.2, -0.15) is 0 Å². The molecule has 1 aliphatic rings. The molecule has 54 valence electrons. The molecule has 0 heteroatoms. The molecule has 0 aromatic heterocycles. The Morgan fingerprint density at radius 3 is 1.67 bits per heavy atom. The molecule has 0 aromatic carbocycles. The molecule has 0 N–H and O–H groups in total. The van der Waals surface area contributed by atoms with Crippen LogP contribution in [0, 0.1) is 23.7 Å². The lowest BCUT2D eigenvalue weighted by atomic mass is 10.1. The van der Waals surface area contributed by atoms with Crippen molar-refractivity contribution in [2.75, 3.05) is 0 Å². The second-order valence-corrected chi connectivity index (χ2v) is 4.01. The van der Waals surface area contributed by atoms with Crippen LogP contribution in [-0.4, -0.2) is 0 Å². The van der Waals surface area contributed by atoms with Gasteiger partial charge in [-0.3, -0.25) is 0 Å². The summed E-state index contributed by atoms with van der Waals surface area (Å²) in [6, 6.07) is 0. The first-order chi connectivity index (χ1) is 4.13. The first-order valence-electron chi connectivity index (χ1n) is 4.13. The highest BCUT2D eigenvalue weighted by molar-refractivity contribution is 4.90. The van der Waals surface area contributed by atoms with Gasteiger partial charge in [-0.25, -0.2) is 0 Å². The van der Waals surface area contributed by atoms with Gasteiger partial charge in [0.25, 0.3) is 0 Å². The van der Waals surface area contributed by atoms with Gasteiger partial charge in [-0.1, -0.05) is 27.7 Å². The molecule has 0 aromatic rings. The Kier molecular flexibility index (Phi) is 1.83. The topological polar surface area (TPSA) is 0 Å². The molecule has 0 spiro atoms. The van der Waals surface area contributed by atoms with Crippen molar-refractivity contribution in [2.24, 2.45) is 23.7 Å². The molecule has 0 bridgehead atoms. The highest BCUT2D eigenvalue weighted by atomic mass is 14.5. The van der Waals surface area contributed by atoms with Gasteiger partial charge in [-0.05, 0) is 30.1 Å². The number of rotatable bonds is 2. The molecule has 0 nitrogen and oxygen atoms in total. The standard InChI is InChI=1S/C9H18/c1-6(2)5-9-7(3)8(9)4/h6-9H,5H2,1-4H3. The van der Waals surface area contributed by atoms with E-state index in [9.17, 15) is 0 Å². The monoisotopic (exact) mass is 126 g/mol. The van der Waals surface area contributed by atoms with E-state index in [1.165, 1.54) is 6.42 Å². The third-order valence-electron chi connectivity index (χ3n) is 2.78. The molecule has 2 unspecified atom stereocenters. The lowest BCUT2D eigenvalue weighted by Crippen LogP contribution is -1.89. The fraction of sp³-hybridized carbons (Fsp3) is 1.00. The average molecular weight is 126 g/mol. The maximum absolute atomic E-state index is 2.37. The Hall–Kier alpha value is 0. The van der Waals surface area contributed by atoms with E-state index in [1.807, 2.05) is 0 Å². The summed E-state index contributed by atoms with van der Waals surface area (Å²) in [6.45, 7) is 9.38. The van der Waals surface area contributed by atoms with Gasteiger partial charge >= 0.3 is 0 Å². The molecule has 1 fully saturated rings. The summed E-state index contributed by atoms with van der Waals surface area (Å²) in [5.41, 5.74) is 0. The summed E-state index contributed by atoms with van der Waals surface area (Å²) in [5, 5.41) is 0. The van der Waals surface area contributed by atoms with E-state index in [1.54, 1.807) is 0 Å². The number of hydrogen-bond acceptors (Lipinski definition) is 0. The fourth-order valence-electron chi connectivity index (χ4n) is 1.74. The van der Waals surface area contributed by atoms with Crippen molar-refractivity contribution in [1.82, 2.24) is 0 Å². The summed E-state index contributed by atoms with van der Waals surface area (Å²) in [6.07, 6.45) is 1.45. The molecule has 0 heterocycles. The van der Waals surface area contributed by atoms with Crippen molar-refractivity contribution >= 4 is 0 Å². The van der Waals surface area contributed by atoms with Crippen LogP contribution < -0.4 is 0 Å². The van der Waals surface area contributed by atoms with E-state index in [-0.39, 0.29) is 0 Å². The number of hydrogen-bond donors (Lipinski definition) is 0. The molecule has 0 radical (unpaired) electrons. The van der Waals surface area contributed by atoms with E-state index >= 15 is 0 Å². The van der Waals surface area contributed by atoms with Crippen LogP contribution >= 0.6 is 0 Å². The first kappa shape index (κ1) is 7.11. The molecule has 2 atom stereocenters. The molecule has 9 heavy (non-hydrogen) atoms. The van der Waals surface area contributed by atoms with Crippen LogP contribution in [-0.2, 0) is 0 Å². The van der Waals surface area contributed by atoms with Crippen LogP contribution in [0.5, 0.6) is 0 Å². The first-order valence-corrected chi connectivity index (χ1v) is 4.13. The molecular formula is C9H18. The van der Waals surface area contributed by atoms with E-state index in [2.05, 4.69) is 27.7 Å². The molecular weight excluding hydrogens is 108 g/mol. The Balaban J connectivity index is 2.18. The normalized spacial score (nSPS) is 41.7. The predicted octanol–water partition coefficient (Wildman–Crippen LogP) is 2.93. The maximum atomic E-state index is 2.37. The zero-order valence-electron chi connectivity index (χ0n) is 7.02. The summed E-state index contributed by atoms with van der Waals surface area (Å²) < 4.78 is 0. The van der Waals surface area contributed by atoms with Crippen molar-refractivity contribution in [1.29, 1.82) is 0 Å². The lowest BCUT2D eigenvalue weighted by molar-refractivity contribution is 0.509. The van der Waals surface area contributed by atoms with Gasteiger partial charge in [0.2, 0.25) is 0 Å². The molecule has 0 aliphatic heterocycles. The zero-order valence-corrected chi connectivity index (χ0v) is 7.02. The average Bonchev–Trinajstić information content (AvgIpc) is 2.22. The molecule has 1 rings (SSSR count). The van der Waals surface area contributed by atoms with Crippen molar-refractivity contribution < 1.29 is 0 Å². The van der Waals surface area contributed by atoms with Crippen LogP contribution in [0.25, 0.3) is 0 Å². The van der Waals surface area contributed by atoms with Gasteiger partial charge in [0, 0.05) is 0 Å². The largest absolute Gasteiger partial charge is 0.0628 e. The van der Waals surface area contributed by atoms with E-state index in [4.69, 9.17) is 0 Å². The Morgan fingerprint density at radius 1 is 1.11 bits per heavy atom. The third kappa shape index (κ3) is 1.47. The van der Waals surface area contributed by atoms with Gasteiger partial charge in [-0.15, -0.1) is 0 Å². The molecule has 1 aliphatic carbocycles. The second kappa shape index (κ2) is 2.32. The summed E-state index contributed by atoms with van der Waals surface area (Å²) in [7, 11) is 0. The SMILES string of the molecule is CC(C)CC1C(C)C1C. The second-order valence-electron chi connectivity index (χ2n) is 4.01. The van der Waals surface area contributed by atoms with Crippen molar-refractivity contribution in [2.45, 2.75) is 34.1 Å². The quantitative estimate of drug-likeness (QED) is 0.533. The molecule has 0 amide bonds. The van der Waals surface area contributed by atoms with Gasteiger partial charge in [0.15, 0.2) is 0 Å². The van der Waals surface area contributed by atoms with Gasteiger partial charge < -0.3 is 0 Å². The third-order valence-corrected chi connectivity index (χ3v) is 2.78. The predicted molar refractivity (Wildman–Crippen MR) is 41.3 cm³/mol. The van der Waals surface area contributed by atoms with Crippen molar-refractivity contribution in [3.8, 4) is 0 Å². The van der Waals surface area contributed by atoms with Crippen LogP contribution in [0.3, 0.4) is 0 Å². The minimum atomic E-state index is 0.905. The minimum Gasteiger partial charge on any atom is -0.0628 e. The van der Waals surface area contributed by atoms with Crippen LogP contribution in [0.1, 0.15) is 34.1 Å². The minimum absolute atomic E-state index is 0.905. The smallest absolute Gasteiger partial charge is 0.0355 e. The van der Waals surface area contributed by atoms with Crippen LogP contribution in [0.15, 0.2) is 0 Å².